The third-order valence-electron chi connectivity index (χ3n) is 3.86. The second-order valence-electron chi connectivity index (χ2n) is 5.40. The van der Waals surface area contributed by atoms with Gasteiger partial charge in [0.15, 0.2) is 0 Å². The highest BCUT2D eigenvalue weighted by Gasteiger charge is 2.30. The van der Waals surface area contributed by atoms with Gasteiger partial charge in [0.1, 0.15) is 11.9 Å². The van der Waals surface area contributed by atoms with Gasteiger partial charge in [-0.15, -0.1) is 4.39 Å². The van der Waals surface area contributed by atoms with Gasteiger partial charge in [-0.25, -0.2) is 9.78 Å². The molecule has 2 N–H and O–H groups in total. The van der Waals surface area contributed by atoms with E-state index in [1.54, 1.807) is 13.0 Å². The number of nitrogens with one attached hydrogen (secondary N) is 2. The Morgan fingerprint density at radius 2 is 2.12 bits per heavy atom. The van der Waals surface area contributed by atoms with E-state index in [1.165, 1.54) is 12.1 Å². The first-order valence-electron chi connectivity index (χ1n) is 7.20. The lowest BCUT2D eigenvalue weighted by Crippen LogP contribution is -2.45. The predicted molar refractivity (Wildman–Crippen MR) is 82.3 cm³/mol. The molecule has 24 heavy (non-hydrogen) atoms. The first-order valence-corrected chi connectivity index (χ1v) is 7.20. The topological polar surface area (TPSA) is 110 Å². The quantitative estimate of drug-likeness (QED) is 0.487. The van der Waals surface area contributed by atoms with Crippen LogP contribution in [0.5, 0.6) is 0 Å². The van der Waals surface area contributed by atoms with Gasteiger partial charge in [-0.2, -0.15) is 0 Å². The zero-order valence-electron chi connectivity index (χ0n) is 12.6. The molecule has 1 aliphatic rings. The van der Waals surface area contributed by atoms with Gasteiger partial charge in [0.25, 0.3) is 5.56 Å². The minimum Gasteiger partial charge on any atom is -0.297 e. The van der Waals surface area contributed by atoms with Crippen molar-refractivity contribution in [2.75, 3.05) is 5.32 Å². The fourth-order valence-corrected chi connectivity index (χ4v) is 2.86. The Bertz CT molecular complexity index is 937. The summed E-state index contributed by atoms with van der Waals surface area (Å²) in [6, 6.07) is 3.55. The Morgan fingerprint density at radius 1 is 1.38 bits per heavy atom. The molecule has 1 atom stereocenters. The molecule has 0 aliphatic carbocycles. The number of anilines is 1. The molecule has 0 spiro atoms. The molecule has 0 bridgehead atoms. The smallest absolute Gasteiger partial charge is 0.297 e. The van der Waals surface area contributed by atoms with E-state index in [4.69, 9.17) is 0 Å². The molecule has 3 amide bonds. The first-order chi connectivity index (χ1) is 11.4. The first kappa shape index (κ1) is 15.8. The van der Waals surface area contributed by atoms with Crippen LogP contribution in [0.3, 0.4) is 0 Å². The summed E-state index contributed by atoms with van der Waals surface area (Å²) in [6.45, 7) is 1.56. The van der Waals surface area contributed by atoms with E-state index in [-0.39, 0.29) is 35.3 Å². The van der Waals surface area contributed by atoms with Crippen LogP contribution in [0.25, 0.3) is 10.9 Å². The van der Waals surface area contributed by atoms with Crippen LogP contribution in [0.4, 0.5) is 14.9 Å². The summed E-state index contributed by atoms with van der Waals surface area (Å²) in [5.41, 5.74) is -0.345. The molecule has 0 saturated carbocycles. The van der Waals surface area contributed by atoms with Gasteiger partial charge in [-0.05, 0) is 25.5 Å². The molecule has 1 aromatic carbocycles. The Kier molecular flexibility index (Phi) is 3.84. The number of aryl methyl sites for hydroxylation is 1. The fraction of sp³-hybridized carbons (Fsp3) is 0.267. The van der Waals surface area contributed by atoms with E-state index in [2.05, 4.69) is 10.3 Å². The number of hydrogen-bond acceptors (Lipinski definition) is 5. The maximum absolute atomic E-state index is 12.9. The number of carbonyl (C=O) groups excluding carboxylic acids is 3. The highest BCUT2D eigenvalue weighted by Crippen LogP contribution is 2.23. The predicted octanol–water partition coefficient (Wildman–Crippen LogP) is 1.18. The summed E-state index contributed by atoms with van der Waals surface area (Å²) in [7, 11) is 0. The van der Waals surface area contributed by atoms with Crippen molar-refractivity contribution in [2.45, 2.75) is 25.8 Å². The Balaban J connectivity index is 2.22. The molecule has 3 rings (SSSR count). The monoisotopic (exact) mass is 332 g/mol. The van der Waals surface area contributed by atoms with Crippen LogP contribution in [0.2, 0.25) is 0 Å². The van der Waals surface area contributed by atoms with E-state index in [9.17, 15) is 23.6 Å². The van der Waals surface area contributed by atoms with Crippen molar-refractivity contribution >= 4 is 34.6 Å². The molecule has 2 heterocycles. The number of nitrogens with zero attached hydrogens (tertiary/aromatic N) is 2. The lowest BCUT2D eigenvalue weighted by molar-refractivity contribution is -0.135. The molecule has 2 aromatic rings. The molecule has 8 nitrogen and oxygen atoms in total. The van der Waals surface area contributed by atoms with Crippen molar-refractivity contribution in [1.82, 2.24) is 14.9 Å². The zero-order valence-corrected chi connectivity index (χ0v) is 12.6. The van der Waals surface area contributed by atoms with E-state index < -0.39 is 29.6 Å². The van der Waals surface area contributed by atoms with E-state index >= 15 is 0 Å². The van der Waals surface area contributed by atoms with Gasteiger partial charge in [0.2, 0.25) is 11.8 Å². The maximum atomic E-state index is 12.9. The molecule has 9 heteroatoms. The summed E-state index contributed by atoms with van der Waals surface area (Å²) in [4.78, 5) is 51.2. The summed E-state index contributed by atoms with van der Waals surface area (Å²) in [5, 5.41) is 4.12. The third-order valence-corrected chi connectivity index (χ3v) is 3.86. The molecule has 0 radical (unpaired) electrons. The third kappa shape index (κ3) is 2.64. The number of amides is 3. The second kappa shape index (κ2) is 5.84. The number of piperidine rings is 1. The van der Waals surface area contributed by atoms with Crippen molar-refractivity contribution < 1.29 is 18.8 Å². The Labute approximate surface area is 134 Å². The van der Waals surface area contributed by atoms with Crippen molar-refractivity contribution in [3.8, 4) is 0 Å². The minimum atomic E-state index is -1.81. The second-order valence-corrected chi connectivity index (χ2v) is 5.40. The highest BCUT2D eigenvalue weighted by atomic mass is 19.1. The average Bonchev–Trinajstić information content (AvgIpc) is 2.48. The number of benzene rings is 1. The Morgan fingerprint density at radius 3 is 2.79 bits per heavy atom. The summed E-state index contributed by atoms with van der Waals surface area (Å²) in [5.74, 6) is -0.712. The normalized spacial score (nSPS) is 17.7. The standard InChI is InChI=1S/C15H13FN4O4/c1-7-17-8-3-2-4-9(18-15(16)24)12(8)14(23)20(7)10-5-6-11(21)19-13(10)22/h2-4,10H,5-6H2,1H3,(H,18,24)(H,19,21,22)/t10-/m0/s1. The van der Waals surface area contributed by atoms with Crippen LogP contribution in [0.1, 0.15) is 24.7 Å². The molecule has 0 unspecified atom stereocenters. The van der Waals surface area contributed by atoms with Gasteiger partial charge >= 0.3 is 6.16 Å². The molecule has 1 aromatic heterocycles. The number of carbonyl (C=O) groups is 3. The van der Waals surface area contributed by atoms with Crippen LogP contribution in [0.15, 0.2) is 23.0 Å². The van der Waals surface area contributed by atoms with E-state index in [1.807, 2.05) is 5.32 Å². The molecular weight excluding hydrogens is 319 g/mol. The van der Waals surface area contributed by atoms with Gasteiger partial charge in [0.05, 0.1) is 16.6 Å². The van der Waals surface area contributed by atoms with Crippen molar-refractivity contribution in [3.05, 3.63) is 34.4 Å². The molecule has 124 valence electrons. The van der Waals surface area contributed by atoms with Gasteiger partial charge in [-0.3, -0.25) is 29.6 Å². The van der Waals surface area contributed by atoms with E-state index in [0.717, 1.165) is 4.57 Å². The maximum Gasteiger partial charge on any atom is 0.401 e. The largest absolute Gasteiger partial charge is 0.401 e. The van der Waals surface area contributed by atoms with Gasteiger partial charge in [-0.1, -0.05) is 6.07 Å². The molecule has 1 aliphatic heterocycles. The molecule has 1 saturated heterocycles. The summed E-state index contributed by atoms with van der Waals surface area (Å²) in [6.07, 6.45) is -1.55. The number of aromatic nitrogens is 2. The SMILES string of the molecule is Cc1nc2cccc(NC(=O)F)c2c(=O)n1[C@H]1CCC(=O)NC1=O. The van der Waals surface area contributed by atoms with E-state index in [0.29, 0.717) is 0 Å². The lowest BCUT2D eigenvalue weighted by atomic mass is 10.1. The van der Waals surface area contributed by atoms with Gasteiger partial charge in [0, 0.05) is 6.42 Å². The van der Waals surface area contributed by atoms with Crippen LogP contribution in [0, 0.1) is 6.92 Å². The van der Waals surface area contributed by atoms with Crippen molar-refractivity contribution in [2.24, 2.45) is 0 Å². The van der Waals surface area contributed by atoms with Crippen LogP contribution in [-0.4, -0.2) is 27.5 Å². The summed E-state index contributed by atoms with van der Waals surface area (Å²) >= 11 is 0. The minimum absolute atomic E-state index is 0.00111. The number of rotatable bonds is 2. The Hall–Kier alpha value is -3.10. The number of fused-ring (bicyclic) bond motifs is 1. The number of imide groups is 1. The van der Waals surface area contributed by atoms with Crippen molar-refractivity contribution in [3.63, 3.8) is 0 Å². The molecular formula is C15H13FN4O4. The number of hydrogen-bond donors (Lipinski definition) is 2. The average molecular weight is 332 g/mol. The van der Waals surface area contributed by atoms with Crippen LogP contribution >= 0.6 is 0 Å². The fourth-order valence-electron chi connectivity index (χ4n) is 2.86. The van der Waals surface area contributed by atoms with Crippen LogP contribution < -0.4 is 16.2 Å². The zero-order chi connectivity index (χ0) is 17.4. The number of halogens is 1. The van der Waals surface area contributed by atoms with Gasteiger partial charge < -0.3 is 0 Å². The molecule has 1 fully saturated rings. The lowest BCUT2D eigenvalue weighted by Gasteiger charge is -2.24. The van der Waals surface area contributed by atoms with Crippen LogP contribution in [-0.2, 0) is 9.59 Å². The summed E-state index contributed by atoms with van der Waals surface area (Å²) < 4.78 is 13.9. The van der Waals surface area contributed by atoms with Crippen molar-refractivity contribution in [1.29, 1.82) is 0 Å². The highest BCUT2D eigenvalue weighted by molar-refractivity contribution is 6.00.